The van der Waals surface area contributed by atoms with Gasteiger partial charge in [0.1, 0.15) is 0 Å². The first-order chi connectivity index (χ1) is 9.84. The van der Waals surface area contributed by atoms with Crippen molar-refractivity contribution in [1.29, 1.82) is 0 Å². The third-order valence-electron chi connectivity index (χ3n) is 4.84. The minimum Gasteiger partial charge on any atom is -0.342 e. The molecule has 1 saturated heterocycles. The first kappa shape index (κ1) is 16.0. The molecule has 0 aromatic heterocycles. The van der Waals surface area contributed by atoms with Gasteiger partial charge < -0.3 is 10.6 Å². The highest BCUT2D eigenvalue weighted by Crippen LogP contribution is 2.30. The van der Waals surface area contributed by atoms with E-state index in [1.54, 1.807) is 0 Å². The van der Waals surface area contributed by atoms with Gasteiger partial charge in [0, 0.05) is 19.1 Å². The van der Waals surface area contributed by atoms with Crippen molar-refractivity contribution in [3.8, 4) is 0 Å². The standard InChI is InChI=1S/C18H28N2O/c1-13-8-5-6-10-16(13)18(3,4)17(21)20-11-7-9-15(12-20)14(2)19/h5-6,8,10,14-15H,7,9,11-12,19H2,1-4H3/t14-,15+/m0/s1. The first-order valence-corrected chi connectivity index (χ1v) is 7.95. The SMILES string of the molecule is Cc1ccccc1C(C)(C)C(=O)N1CCC[C@@H]([C@H](C)N)C1. The molecule has 2 rings (SSSR count). The van der Waals surface area contributed by atoms with Gasteiger partial charge in [-0.2, -0.15) is 0 Å². The number of nitrogens with zero attached hydrogens (tertiary/aromatic N) is 1. The van der Waals surface area contributed by atoms with Gasteiger partial charge in [0.2, 0.25) is 5.91 Å². The van der Waals surface area contributed by atoms with Crippen molar-refractivity contribution in [3.05, 3.63) is 35.4 Å². The molecule has 0 bridgehead atoms. The summed E-state index contributed by atoms with van der Waals surface area (Å²) in [6.07, 6.45) is 2.19. The lowest BCUT2D eigenvalue weighted by molar-refractivity contribution is -0.138. The highest BCUT2D eigenvalue weighted by atomic mass is 16.2. The topological polar surface area (TPSA) is 46.3 Å². The Bertz CT molecular complexity index is 508. The number of rotatable bonds is 3. The van der Waals surface area contributed by atoms with Crippen LogP contribution in [0.25, 0.3) is 0 Å². The molecule has 1 aromatic rings. The summed E-state index contributed by atoms with van der Waals surface area (Å²) in [5.41, 5.74) is 7.86. The molecule has 0 unspecified atom stereocenters. The molecular weight excluding hydrogens is 260 g/mol. The average Bonchev–Trinajstić information content (AvgIpc) is 2.46. The fraction of sp³-hybridized carbons (Fsp3) is 0.611. The number of carbonyl (C=O) groups is 1. The van der Waals surface area contributed by atoms with Gasteiger partial charge in [0.05, 0.1) is 5.41 Å². The van der Waals surface area contributed by atoms with E-state index in [0.717, 1.165) is 31.5 Å². The number of likely N-dealkylation sites (tertiary alicyclic amines) is 1. The van der Waals surface area contributed by atoms with E-state index in [-0.39, 0.29) is 11.9 Å². The van der Waals surface area contributed by atoms with Crippen molar-refractivity contribution >= 4 is 5.91 Å². The van der Waals surface area contributed by atoms with E-state index < -0.39 is 5.41 Å². The molecule has 1 heterocycles. The van der Waals surface area contributed by atoms with Crippen molar-refractivity contribution in [2.24, 2.45) is 11.7 Å². The largest absolute Gasteiger partial charge is 0.342 e. The van der Waals surface area contributed by atoms with Gasteiger partial charge in [-0.05, 0) is 57.6 Å². The fourth-order valence-electron chi connectivity index (χ4n) is 3.41. The molecule has 1 amide bonds. The second-order valence-electron chi connectivity index (χ2n) is 6.95. The van der Waals surface area contributed by atoms with E-state index >= 15 is 0 Å². The summed E-state index contributed by atoms with van der Waals surface area (Å²) in [5.74, 6) is 0.650. The molecule has 21 heavy (non-hydrogen) atoms. The first-order valence-electron chi connectivity index (χ1n) is 7.95. The number of hydrogen-bond acceptors (Lipinski definition) is 2. The maximum atomic E-state index is 13.0. The van der Waals surface area contributed by atoms with Crippen LogP contribution in [0.3, 0.4) is 0 Å². The van der Waals surface area contributed by atoms with E-state index in [0.29, 0.717) is 5.92 Å². The third-order valence-corrected chi connectivity index (χ3v) is 4.84. The van der Waals surface area contributed by atoms with Gasteiger partial charge in [0.15, 0.2) is 0 Å². The van der Waals surface area contributed by atoms with Crippen LogP contribution in [0.4, 0.5) is 0 Å². The number of amides is 1. The Balaban J connectivity index is 2.20. The third kappa shape index (κ3) is 3.29. The molecule has 116 valence electrons. The van der Waals surface area contributed by atoms with E-state index in [2.05, 4.69) is 19.1 Å². The van der Waals surface area contributed by atoms with Crippen molar-refractivity contribution < 1.29 is 4.79 Å². The molecule has 0 aliphatic carbocycles. The van der Waals surface area contributed by atoms with Crippen LogP contribution in [0.15, 0.2) is 24.3 Å². The van der Waals surface area contributed by atoms with Gasteiger partial charge in [0.25, 0.3) is 0 Å². The fourth-order valence-corrected chi connectivity index (χ4v) is 3.41. The molecule has 0 radical (unpaired) electrons. The molecule has 1 aliphatic rings. The minimum atomic E-state index is -0.481. The summed E-state index contributed by atoms with van der Waals surface area (Å²) in [6.45, 7) is 9.85. The van der Waals surface area contributed by atoms with Crippen LogP contribution in [-0.4, -0.2) is 29.9 Å². The van der Waals surface area contributed by atoms with Gasteiger partial charge in [-0.1, -0.05) is 24.3 Å². The summed E-state index contributed by atoms with van der Waals surface area (Å²) in [6, 6.07) is 8.33. The van der Waals surface area contributed by atoms with Crippen LogP contribution >= 0.6 is 0 Å². The summed E-state index contributed by atoms with van der Waals surface area (Å²) < 4.78 is 0. The molecular formula is C18H28N2O. The van der Waals surface area contributed by atoms with Gasteiger partial charge in [-0.15, -0.1) is 0 Å². The molecule has 1 aromatic carbocycles. The zero-order chi connectivity index (χ0) is 15.6. The zero-order valence-corrected chi connectivity index (χ0v) is 13.7. The summed E-state index contributed by atoms with van der Waals surface area (Å²) in [7, 11) is 0. The Kier molecular flexibility index (Phi) is 4.72. The van der Waals surface area contributed by atoms with E-state index in [4.69, 9.17) is 5.73 Å². The smallest absolute Gasteiger partial charge is 0.232 e. The van der Waals surface area contributed by atoms with Crippen molar-refractivity contribution in [1.82, 2.24) is 4.90 Å². The number of hydrogen-bond donors (Lipinski definition) is 1. The molecule has 2 N–H and O–H groups in total. The highest BCUT2D eigenvalue weighted by molar-refractivity contribution is 5.87. The Morgan fingerprint density at radius 3 is 2.67 bits per heavy atom. The maximum absolute atomic E-state index is 13.0. The lowest BCUT2D eigenvalue weighted by Crippen LogP contribution is -2.50. The molecule has 1 aliphatic heterocycles. The monoisotopic (exact) mass is 288 g/mol. The summed E-state index contributed by atoms with van der Waals surface area (Å²) in [4.78, 5) is 15.0. The summed E-state index contributed by atoms with van der Waals surface area (Å²) in [5, 5.41) is 0. The second kappa shape index (κ2) is 6.18. The predicted octanol–water partition coefficient (Wildman–Crippen LogP) is 2.86. The Morgan fingerprint density at radius 1 is 1.38 bits per heavy atom. The van der Waals surface area contributed by atoms with Crippen molar-refractivity contribution in [2.45, 2.75) is 52.0 Å². The van der Waals surface area contributed by atoms with Crippen LogP contribution in [0.1, 0.15) is 44.7 Å². The normalized spacial score (nSPS) is 21.2. The van der Waals surface area contributed by atoms with Crippen molar-refractivity contribution in [3.63, 3.8) is 0 Å². The molecule has 0 saturated carbocycles. The van der Waals surface area contributed by atoms with Crippen LogP contribution in [0.5, 0.6) is 0 Å². The number of carbonyl (C=O) groups excluding carboxylic acids is 1. The lowest BCUT2D eigenvalue weighted by Gasteiger charge is -2.39. The number of piperidine rings is 1. The summed E-state index contributed by atoms with van der Waals surface area (Å²) >= 11 is 0. The van der Waals surface area contributed by atoms with Crippen LogP contribution in [-0.2, 0) is 10.2 Å². The second-order valence-corrected chi connectivity index (χ2v) is 6.95. The minimum absolute atomic E-state index is 0.155. The number of benzene rings is 1. The molecule has 2 atom stereocenters. The van der Waals surface area contributed by atoms with Gasteiger partial charge >= 0.3 is 0 Å². The average molecular weight is 288 g/mol. The predicted molar refractivity (Wildman–Crippen MR) is 87.2 cm³/mol. The van der Waals surface area contributed by atoms with E-state index in [1.807, 2.05) is 37.8 Å². The van der Waals surface area contributed by atoms with Crippen LogP contribution in [0, 0.1) is 12.8 Å². The molecule has 1 fully saturated rings. The quantitative estimate of drug-likeness (QED) is 0.929. The van der Waals surface area contributed by atoms with Gasteiger partial charge in [-0.3, -0.25) is 4.79 Å². The zero-order valence-electron chi connectivity index (χ0n) is 13.7. The van der Waals surface area contributed by atoms with Crippen molar-refractivity contribution in [2.75, 3.05) is 13.1 Å². The van der Waals surface area contributed by atoms with Crippen LogP contribution in [0.2, 0.25) is 0 Å². The number of nitrogens with two attached hydrogens (primary N) is 1. The molecule has 3 heteroatoms. The van der Waals surface area contributed by atoms with Crippen LogP contribution < -0.4 is 5.73 Å². The van der Waals surface area contributed by atoms with Gasteiger partial charge in [-0.25, -0.2) is 0 Å². The Morgan fingerprint density at radius 2 is 2.05 bits per heavy atom. The number of aryl methyl sites for hydroxylation is 1. The Hall–Kier alpha value is -1.35. The highest BCUT2D eigenvalue weighted by Gasteiger charge is 2.37. The van der Waals surface area contributed by atoms with E-state index in [9.17, 15) is 4.79 Å². The Labute approximate surface area is 128 Å². The maximum Gasteiger partial charge on any atom is 0.232 e. The lowest BCUT2D eigenvalue weighted by atomic mass is 9.79. The van der Waals surface area contributed by atoms with E-state index in [1.165, 1.54) is 5.56 Å². The molecule has 3 nitrogen and oxygen atoms in total. The molecule has 0 spiro atoms.